The molecule has 1 aliphatic carbocycles. The highest BCUT2D eigenvalue weighted by Crippen LogP contribution is 2.30. The van der Waals surface area contributed by atoms with Crippen LogP contribution in [-0.2, 0) is 0 Å². The van der Waals surface area contributed by atoms with Gasteiger partial charge in [-0.05, 0) is 43.2 Å². The predicted octanol–water partition coefficient (Wildman–Crippen LogP) is 4.87. The molecule has 1 unspecified atom stereocenters. The molecule has 96 valence electrons. The van der Waals surface area contributed by atoms with Gasteiger partial charge in [-0.2, -0.15) is 0 Å². The molecular formula is C17H22O. The first-order chi connectivity index (χ1) is 8.74. The van der Waals surface area contributed by atoms with Gasteiger partial charge in [-0.1, -0.05) is 44.2 Å². The molecule has 0 bridgehead atoms. The minimum Gasteiger partial charge on any atom is -0.294 e. The van der Waals surface area contributed by atoms with Crippen molar-refractivity contribution >= 4 is 11.4 Å². The first kappa shape index (κ1) is 13.1. The van der Waals surface area contributed by atoms with Crippen LogP contribution in [0.1, 0.15) is 61.9 Å². The average Bonchev–Trinajstić information content (AvgIpc) is 2.46. The van der Waals surface area contributed by atoms with Crippen LogP contribution in [0.2, 0.25) is 0 Å². The minimum absolute atomic E-state index is 0.121. The van der Waals surface area contributed by atoms with Gasteiger partial charge in [0, 0.05) is 11.5 Å². The zero-order valence-electron chi connectivity index (χ0n) is 11.4. The monoisotopic (exact) mass is 242 g/mol. The molecule has 1 atom stereocenters. The third-order valence-electron chi connectivity index (χ3n) is 3.89. The second-order valence-electron chi connectivity index (χ2n) is 5.19. The van der Waals surface area contributed by atoms with Crippen molar-refractivity contribution in [2.75, 3.05) is 0 Å². The molecule has 0 saturated heterocycles. The lowest BCUT2D eigenvalue weighted by atomic mass is 9.86. The van der Waals surface area contributed by atoms with Crippen LogP contribution in [0.25, 0.3) is 5.57 Å². The maximum absolute atomic E-state index is 12.4. The van der Waals surface area contributed by atoms with Crippen molar-refractivity contribution < 1.29 is 4.79 Å². The van der Waals surface area contributed by atoms with Crippen molar-refractivity contribution in [1.82, 2.24) is 0 Å². The van der Waals surface area contributed by atoms with E-state index in [1.165, 1.54) is 24.0 Å². The zero-order valence-corrected chi connectivity index (χ0v) is 11.4. The van der Waals surface area contributed by atoms with E-state index in [-0.39, 0.29) is 5.92 Å². The number of allylic oxidation sites excluding steroid dienone is 2. The molecule has 1 nitrogen and oxygen atoms in total. The van der Waals surface area contributed by atoms with Gasteiger partial charge in [0.2, 0.25) is 0 Å². The summed E-state index contributed by atoms with van der Waals surface area (Å²) in [6.07, 6.45) is 8.02. The summed E-state index contributed by atoms with van der Waals surface area (Å²) in [5.74, 6) is 0.412. The average molecular weight is 242 g/mol. The lowest BCUT2D eigenvalue weighted by molar-refractivity contribution is 0.0927. The van der Waals surface area contributed by atoms with Crippen molar-refractivity contribution in [2.24, 2.45) is 5.92 Å². The van der Waals surface area contributed by atoms with Gasteiger partial charge in [0.25, 0.3) is 0 Å². The molecule has 18 heavy (non-hydrogen) atoms. The maximum Gasteiger partial charge on any atom is 0.166 e. The first-order valence-corrected chi connectivity index (χ1v) is 7.06. The Bertz CT molecular complexity index is 456. The fraction of sp³-hybridized carbons (Fsp3) is 0.471. The van der Waals surface area contributed by atoms with Crippen LogP contribution in [0.4, 0.5) is 0 Å². The largest absolute Gasteiger partial charge is 0.294 e. The highest BCUT2D eigenvalue weighted by atomic mass is 16.1. The van der Waals surface area contributed by atoms with E-state index in [1.807, 2.05) is 25.1 Å². The van der Waals surface area contributed by atoms with Crippen molar-refractivity contribution in [2.45, 2.75) is 46.0 Å². The van der Waals surface area contributed by atoms with Gasteiger partial charge in [-0.25, -0.2) is 0 Å². The van der Waals surface area contributed by atoms with E-state index in [1.54, 1.807) is 0 Å². The Balaban J connectivity index is 2.36. The summed E-state index contributed by atoms with van der Waals surface area (Å²) in [5, 5.41) is 0. The molecule has 0 N–H and O–H groups in total. The summed E-state index contributed by atoms with van der Waals surface area (Å²) in [4.78, 5) is 12.4. The molecular weight excluding hydrogens is 220 g/mol. The topological polar surface area (TPSA) is 17.1 Å². The van der Waals surface area contributed by atoms with Crippen LogP contribution < -0.4 is 0 Å². The number of benzene rings is 1. The van der Waals surface area contributed by atoms with Crippen LogP contribution >= 0.6 is 0 Å². The van der Waals surface area contributed by atoms with E-state index < -0.39 is 0 Å². The van der Waals surface area contributed by atoms with Gasteiger partial charge in [0.15, 0.2) is 5.78 Å². The first-order valence-electron chi connectivity index (χ1n) is 7.06. The van der Waals surface area contributed by atoms with Crippen molar-refractivity contribution in [3.63, 3.8) is 0 Å². The van der Waals surface area contributed by atoms with E-state index in [2.05, 4.69) is 19.1 Å². The van der Waals surface area contributed by atoms with Crippen LogP contribution in [-0.4, -0.2) is 5.78 Å². The number of ketones is 1. The summed E-state index contributed by atoms with van der Waals surface area (Å²) in [6.45, 7) is 4.10. The van der Waals surface area contributed by atoms with Crippen LogP contribution in [0.15, 0.2) is 30.3 Å². The van der Waals surface area contributed by atoms with Gasteiger partial charge in [0.1, 0.15) is 0 Å². The number of carbonyl (C=O) groups is 1. The lowest BCUT2D eigenvalue weighted by Crippen LogP contribution is -2.12. The Morgan fingerprint density at radius 2 is 2.06 bits per heavy atom. The number of hydrogen-bond acceptors (Lipinski definition) is 1. The van der Waals surface area contributed by atoms with Crippen LogP contribution in [0, 0.1) is 5.92 Å². The molecule has 1 heteroatoms. The molecule has 2 rings (SSSR count). The molecule has 0 heterocycles. The Hall–Kier alpha value is -1.37. The van der Waals surface area contributed by atoms with Crippen LogP contribution in [0.5, 0.6) is 0 Å². The Labute approximate surface area is 110 Å². The number of Topliss-reactive ketones (excluding diaryl/α,β-unsaturated/α-hetero) is 1. The molecule has 1 aliphatic rings. The van der Waals surface area contributed by atoms with E-state index in [0.717, 1.165) is 24.8 Å². The summed E-state index contributed by atoms with van der Waals surface area (Å²) < 4.78 is 0. The molecule has 0 saturated carbocycles. The quantitative estimate of drug-likeness (QED) is 0.688. The third kappa shape index (κ3) is 2.72. The SMILES string of the molecule is CCC(C)C(=O)c1ccccc1C1=CCCCC1. The number of rotatable bonds is 4. The van der Waals surface area contributed by atoms with E-state index >= 15 is 0 Å². The molecule has 1 aromatic rings. The van der Waals surface area contributed by atoms with Gasteiger partial charge < -0.3 is 0 Å². The zero-order chi connectivity index (χ0) is 13.0. The number of hydrogen-bond donors (Lipinski definition) is 0. The Morgan fingerprint density at radius 1 is 1.28 bits per heavy atom. The fourth-order valence-corrected chi connectivity index (χ4v) is 2.51. The lowest BCUT2D eigenvalue weighted by Gasteiger charge is -2.17. The molecule has 0 amide bonds. The normalized spacial score (nSPS) is 17.1. The van der Waals surface area contributed by atoms with E-state index in [4.69, 9.17) is 0 Å². The predicted molar refractivity (Wildman–Crippen MR) is 76.7 cm³/mol. The minimum atomic E-state index is 0.121. The molecule has 0 radical (unpaired) electrons. The third-order valence-corrected chi connectivity index (χ3v) is 3.89. The Kier molecular flexibility index (Phi) is 4.35. The number of carbonyl (C=O) groups excluding carboxylic acids is 1. The van der Waals surface area contributed by atoms with Crippen LogP contribution in [0.3, 0.4) is 0 Å². The van der Waals surface area contributed by atoms with Crippen molar-refractivity contribution in [3.05, 3.63) is 41.5 Å². The molecule has 0 fully saturated rings. The second kappa shape index (κ2) is 5.99. The van der Waals surface area contributed by atoms with Gasteiger partial charge in [-0.15, -0.1) is 0 Å². The smallest absolute Gasteiger partial charge is 0.166 e. The van der Waals surface area contributed by atoms with Crippen molar-refractivity contribution in [3.8, 4) is 0 Å². The van der Waals surface area contributed by atoms with Gasteiger partial charge in [0.05, 0.1) is 0 Å². The van der Waals surface area contributed by atoms with Gasteiger partial charge in [-0.3, -0.25) is 4.79 Å². The molecule has 0 aliphatic heterocycles. The summed E-state index contributed by atoms with van der Waals surface area (Å²) in [7, 11) is 0. The van der Waals surface area contributed by atoms with Crippen molar-refractivity contribution in [1.29, 1.82) is 0 Å². The standard InChI is InChI=1S/C17H22O/c1-3-13(2)17(18)16-12-8-7-11-15(16)14-9-5-4-6-10-14/h7-9,11-13H,3-6,10H2,1-2H3. The Morgan fingerprint density at radius 3 is 2.72 bits per heavy atom. The molecule has 0 aromatic heterocycles. The highest BCUT2D eigenvalue weighted by Gasteiger charge is 2.18. The molecule has 0 spiro atoms. The summed E-state index contributed by atoms with van der Waals surface area (Å²) in [6, 6.07) is 8.10. The maximum atomic E-state index is 12.4. The summed E-state index contributed by atoms with van der Waals surface area (Å²) >= 11 is 0. The van der Waals surface area contributed by atoms with E-state index in [9.17, 15) is 4.79 Å². The molecule has 1 aromatic carbocycles. The highest BCUT2D eigenvalue weighted by molar-refractivity contribution is 6.02. The van der Waals surface area contributed by atoms with Gasteiger partial charge >= 0.3 is 0 Å². The van der Waals surface area contributed by atoms with E-state index in [0.29, 0.717) is 5.78 Å². The summed E-state index contributed by atoms with van der Waals surface area (Å²) in [5.41, 5.74) is 3.45. The fourth-order valence-electron chi connectivity index (χ4n) is 2.51. The second-order valence-corrected chi connectivity index (χ2v) is 5.19.